The lowest BCUT2D eigenvalue weighted by molar-refractivity contribution is -0.130. The van der Waals surface area contributed by atoms with Crippen LogP contribution in [0.3, 0.4) is 0 Å². The first-order valence-corrected chi connectivity index (χ1v) is 8.99. The van der Waals surface area contributed by atoms with Gasteiger partial charge < -0.3 is 10.4 Å². The van der Waals surface area contributed by atoms with E-state index in [4.69, 9.17) is 5.26 Å². The van der Waals surface area contributed by atoms with Crippen molar-refractivity contribution in [2.45, 2.75) is 24.3 Å². The lowest BCUT2D eigenvalue weighted by Crippen LogP contribution is -2.45. The molecule has 1 amide bonds. The fraction of sp³-hybridized carbons (Fsp3) is 0.235. The van der Waals surface area contributed by atoms with E-state index in [1.165, 1.54) is 30.5 Å². The molecule has 25 heavy (non-hydrogen) atoms. The smallest absolute Gasteiger partial charge is 0.257 e. The zero-order valence-electron chi connectivity index (χ0n) is 13.7. The van der Waals surface area contributed by atoms with Crippen LogP contribution in [0.15, 0.2) is 47.5 Å². The molecule has 1 aromatic heterocycles. The summed E-state index contributed by atoms with van der Waals surface area (Å²) in [6.45, 7) is 2.96. The molecular formula is C17H17N3O4S. The number of aryl methyl sites for hydroxylation is 1. The van der Waals surface area contributed by atoms with Crippen molar-refractivity contribution in [1.82, 2.24) is 4.98 Å². The van der Waals surface area contributed by atoms with Gasteiger partial charge in [0.15, 0.2) is 15.4 Å². The number of aliphatic hydroxyl groups is 1. The number of sulfone groups is 1. The number of nitrogens with one attached hydrogen (secondary N) is 1. The number of benzene rings is 1. The van der Waals surface area contributed by atoms with E-state index in [0.717, 1.165) is 12.5 Å². The number of carbonyl (C=O) groups excluding carboxylic acids is 1. The Morgan fingerprint density at radius 3 is 2.44 bits per heavy atom. The quantitative estimate of drug-likeness (QED) is 0.833. The van der Waals surface area contributed by atoms with Gasteiger partial charge in [0.2, 0.25) is 0 Å². The third-order valence-electron chi connectivity index (χ3n) is 3.48. The normalized spacial score (nSPS) is 13.5. The first-order chi connectivity index (χ1) is 11.6. The second-order valence-electron chi connectivity index (χ2n) is 5.84. The van der Waals surface area contributed by atoms with E-state index in [9.17, 15) is 18.3 Å². The van der Waals surface area contributed by atoms with Gasteiger partial charge in [-0.25, -0.2) is 13.4 Å². The molecule has 0 radical (unpaired) electrons. The standard InChI is InChI=1S/C17H17N3O4S/c1-12-3-7-15(8-4-12)25(23,24)11-17(2,22)16(21)20-14-6-5-13(9-18)19-10-14/h3-8,10,22H,11H2,1-2H3,(H,20,21)/t17-/m0/s1. The van der Waals surface area contributed by atoms with E-state index in [-0.39, 0.29) is 16.3 Å². The summed E-state index contributed by atoms with van der Waals surface area (Å²) in [6.07, 6.45) is 1.25. The molecule has 0 saturated heterocycles. The largest absolute Gasteiger partial charge is 0.379 e. The molecular weight excluding hydrogens is 342 g/mol. The van der Waals surface area contributed by atoms with Gasteiger partial charge in [-0.2, -0.15) is 5.26 Å². The molecule has 1 heterocycles. The highest BCUT2D eigenvalue weighted by Crippen LogP contribution is 2.19. The fourth-order valence-corrected chi connectivity index (χ4v) is 3.65. The minimum atomic E-state index is -3.85. The van der Waals surface area contributed by atoms with Gasteiger partial charge in [-0.3, -0.25) is 4.79 Å². The van der Waals surface area contributed by atoms with Gasteiger partial charge in [-0.15, -0.1) is 0 Å². The number of rotatable bonds is 5. The summed E-state index contributed by atoms with van der Waals surface area (Å²) in [5.74, 6) is -1.65. The summed E-state index contributed by atoms with van der Waals surface area (Å²) in [7, 11) is -3.85. The number of nitriles is 1. The maximum Gasteiger partial charge on any atom is 0.257 e. The van der Waals surface area contributed by atoms with Crippen LogP contribution in [0.25, 0.3) is 0 Å². The van der Waals surface area contributed by atoms with Crippen molar-refractivity contribution < 1.29 is 18.3 Å². The number of anilines is 1. The molecule has 0 bridgehead atoms. The molecule has 2 aromatic rings. The molecule has 0 fully saturated rings. The number of hydrogen-bond acceptors (Lipinski definition) is 6. The Balaban J connectivity index is 2.14. The number of pyridine rings is 1. The van der Waals surface area contributed by atoms with Gasteiger partial charge in [-0.05, 0) is 38.1 Å². The Kier molecular flexibility index (Phi) is 5.21. The lowest BCUT2D eigenvalue weighted by atomic mass is 10.1. The molecule has 8 heteroatoms. The molecule has 130 valence electrons. The molecule has 0 aliphatic rings. The van der Waals surface area contributed by atoms with Crippen LogP contribution in [0.1, 0.15) is 18.2 Å². The van der Waals surface area contributed by atoms with Crippen LogP contribution in [-0.2, 0) is 14.6 Å². The van der Waals surface area contributed by atoms with Crippen molar-refractivity contribution in [2.75, 3.05) is 11.1 Å². The molecule has 0 saturated carbocycles. The lowest BCUT2D eigenvalue weighted by Gasteiger charge is -2.22. The Bertz CT molecular complexity index is 912. The molecule has 1 atom stereocenters. The Labute approximate surface area is 145 Å². The second-order valence-corrected chi connectivity index (χ2v) is 7.83. The minimum absolute atomic E-state index is 0.0335. The maximum atomic E-state index is 12.4. The van der Waals surface area contributed by atoms with Gasteiger partial charge >= 0.3 is 0 Å². The van der Waals surface area contributed by atoms with Gasteiger partial charge in [-0.1, -0.05) is 17.7 Å². The van der Waals surface area contributed by atoms with Crippen LogP contribution in [0.5, 0.6) is 0 Å². The Morgan fingerprint density at radius 2 is 1.92 bits per heavy atom. The first kappa shape index (κ1) is 18.6. The molecule has 0 aliphatic heterocycles. The monoisotopic (exact) mass is 359 g/mol. The van der Waals surface area contributed by atoms with Crippen LogP contribution in [0, 0.1) is 18.3 Å². The highest BCUT2D eigenvalue weighted by molar-refractivity contribution is 7.91. The van der Waals surface area contributed by atoms with Crippen LogP contribution in [0.2, 0.25) is 0 Å². The van der Waals surface area contributed by atoms with Crippen molar-refractivity contribution in [1.29, 1.82) is 5.26 Å². The summed E-state index contributed by atoms with van der Waals surface area (Å²) in [5.41, 5.74) is -0.821. The molecule has 0 unspecified atom stereocenters. The average molecular weight is 359 g/mol. The molecule has 0 aliphatic carbocycles. The highest BCUT2D eigenvalue weighted by atomic mass is 32.2. The van der Waals surface area contributed by atoms with Crippen molar-refractivity contribution in [3.8, 4) is 6.07 Å². The third-order valence-corrected chi connectivity index (χ3v) is 5.41. The third kappa shape index (κ3) is 4.62. The van der Waals surface area contributed by atoms with E-state index in [1.807, 2.05) is 13.0 Å². The van der Waals surface area contributed by atoms with Crippen LogP contribution in [0.4, 0.5) is 5.69 Å². The SMILES string of the molecule is Cc1ccc(S(=O)(=O)C[C@](C)(O)C(=O)Nc2ccc(C#N)nc2)cc1. The van der Waals surface area contributed by atoms with E-state index in [2.05, 4.69) is 10.3 Å². The van der Waals surface area contributed by atoms with Crippen LogP contribution < -0.4 is 5.32 Å². The van der Waals surface area contributed by atoms with Crippen LogP contribution >= 0.6 is 0 Å². The Hall–Kier alpha value is -2.76. The summed E-state index contributed by atoms with van der Waals surface area (Å²) < 4.78 is 24.8. The molecule has 1 aromatic carbocycles. The predicted molar refractivity (Wildman–Crippen MR) is 91.4 cm³/mol. The number of hydrogen-bond donors (Lipinski definition) is 2. The van der Waals surface area contributed by atoms with Gasteiger partial charge in [0, 0.05) is 0 Å². The molecule has 7 nitrogen and oxygen atoms in total. The predicted octanol–water partition coefficient (Wildman–Crippen LogP) is 1.43. The summed E-state index contributed by atoms with van der Waals surface area (Å²) >= 11 is 0. The number of carbonyl (C=O) groups is 1. The van der Waals surface area contributed by atoms with Crippen molar-refractivity contribution in [3.63, 3.8) is 0 Å². The number of aromatic nitrogens is 1. The van der Waals surface area contributed by atoms with E-state index >= 15 is 0 Å². The summed E-state index contributed by atoms with van der Waals surface area (Å²) in [5, 5.41) is 21.4. The average Bonchev–Trinajstić information content (AvgIpc) is 2.55. The van der Waals surface area contributed by atoms with Crippen molar-refractivity contribution in [2.24, 2.45) is 0 Å². The Morgan fingerprint density at radius 1 is 1.28 bits per heavy atom. The highest BCUT2D eigenvalue weighted by Gasteiger charge is 2.36. The van der Waals surface area contributed by atoms with E-state index in [0.29, 0.717) is 0 Å². The van der Waals surface area contributed by atoms with Gasteiger partial charge in [0.05, 0.1) is 22.5 Å². The molecule has 2 rings (SSSR count). The van der Waals surface area contributed by atoms with Crippen molar-refractivity contribution in [3.05, 3.63) is 53.9 Å². The maximum absolute atomic E-state index is 12.4. The fourth-order valence-electron chi connectivity index (χ4n) is 2.06. The van der Waals surface area contributed by atoms with Crippen LogP contribution in [-0.4, -0.2) is 35.8 Å². The number of nitrogens with zero attached hydrogens (tertiary/aromatic N) is 2. The second kappa shape index (κ2) is 7.01. The molecule has 2 N–H and O–H groups in total. The number of amides is 1. The van der Waals surface area contributed by atoms with E-state index < -0.39 is 27.1 Å². The first-order valence-electron chi connectivity index (χ1n) is 7.33. The summed E-state index contributed by atoms with van der Waals surface area (Å²) in [6, 6.07) is 10.8. The zero-order chi connectivity index (χ0) is 18.7. The topological polar surface area (TPSA) is 120 Å². The van der Waals surface area contributed by atoms with Gasteiger partial charge in [0.1, 0.15) is 11.8 Å². The zero-order valence-corrected chi connectivity index (χ0v) is 14.5. The minimum Gasteiger partial charge on any atom is -0.379 e. The van der Waals surface area contributed by atoms with E-state index in [1.54, 1.807) is 12.1 Å². The molecule has 0 spiro atoms. The van der Waals surface area contributed by atoms with Crippen molar-refractivity contribution >= 4 is 21.4 Å². The summed E-state index contributed by atoms with van der Waals surface area (Å²) in [4.78, 5) is 16.1. The van der Waals surface area contributed by atoms with Gasteiger partial charge in [0.25, 0.3) is 5.91 Å².